The fraction of sp³-hybridized carbons (Fsp3) is 0.316. The van der Waals surface area contributed by atoms with Crippen LogP contribution in [0.1, 0.15) is 31.9 Å². The molecule has 1 amide bonds. The Labute approximate surface area is 159 Å². The monoisotopic (exact) mass is 377 g/mol. The zero-order valence-corrected chi connectivity index (χ0v) is 16.3. The lowest BCUT2D eigenvalue weighted by Gasteiger charge is -2.09. The summed E-state index contributed by atoms with van der Waals surface area (Å²) in [5, 5.41) is 7.26. The highest BCUT2D eigenvalue weighted by Crippen LogP contribution is 2.18. The van der Waals surface area contributed by atoms with Crippen LogP contribution in [0.15, 0.2) is 52.8 Å². The van der Waals surface area contributed by atoms with E-state index in [1.807, 2.05) is 39.0 Å². The quantitative estimate of drug-likeness (QED) is 0.412. The molecule has 0 atom stereocenters. The van der Waals surface area contributed by atoms with Crippen LogP contribution in [0.2, 0.25) is 5.02 Å². The summed E-state index contributed by atoms with van der Waals surface area (Å²) in [7, 11) is 1.31. The molecule has 0 aromatic heterocycles. The predicted octanol–water partition coefficient (Wildman–Crippen LogP) is 4.49. The van der Waals surface area contributed by atoms with Gasteiger partial charge in [-0.25, -0.2) is 4.79 Å². The Bertz CT molecular complexity index is 740. The Kier molecular flexibility index (Phi) is 9.15. The van der Waals surface area contributed by atoms with Crippen LogP contribution >= 0.6 is 11.6 Å². The van der Waals surface area contributed by atoms with Gasteiger partial charge < -0.3 is 14.9 Å². The molecule has 0 aliphatic rings. The maximum Gasteiger partial charge on any atom is 0.407 e. The number of hydrogen-bond donors (Lipinski definition) is 1. The van der Waals surface area contributed by atoms with Gasteiger partial charge in [-0.1, -0.05) is 35.5 Å². The highest BCUT2D eigenvalue weighted by molar-refractivity contribution is 6.31. The first-order chi connectivity index (χ1) is 12.4. The van der Waals surface area contributed by atoms with Crippen molar-refractivity contribution in [2.45, 2.75) is 27.3 Å². The first-order valence-electron chi connectivity index (χ1n) is 7.98. The van der Waals surface area contributed by atoms with E-state index in [-0.39, 0.29) is 13.2 Å². The van der Waals surface area contributed by atoms with Crippen molar-refractivity contribution in [3.05, 3.63) is 58.8 Å². The smallest absolute Gasteiger partial charge is 0.407 e. The molecule has 0 saturated carbocycles. The first-order valence-corrected chi connectivity index (χ1v) is 8.35. The second-order valence-electron chi connectivity index (χ2n) is 5.49. The third-order valence-corrected chi connectivity index (χ3v) is 3.64. The Morgan fingerprint density at radius 3 is 2.73 bits per heavy atom. The maximum atomic E-state index is 11.2. The largest absolute Gasteiger partial charge is 0.453 e. The second kappa shape index (κ2) is 11.1. The van der Waals surface area contributed by atoms with E-state index in [1.165, 1.54) is 7.11 Å². The zero-order valence-electron chi connectivity index (χ0n) is 15.5. The number of oxime groups is 1. The van der Waals surface area contributed by atoms with Crippen LogP contribution in [0.4, 0.5) is 4.79 Å². The van der Waals surface area contributed by atoms with Gasteiger partial charge in [0, 0.05) is 17.3 Å². The fourth-order valence-electron chi connectivity index (χ4n) is 1.99. The number of rotatable bonds is 8. The van der Waals surface area contributed by atoms with Gasteiger partial charge in [-0.05, 0) is 50.1 Å². The third-order valence-electron chi connectivity index (χ3n) is 3.27. The number of aliphatic imine (C=N–C) groups is 1. The van der Waals surface area contributed by atoms with Crippen molar-refractivity contribution >= 4 is 29.1 Å². The molecule has 0 saturated heterocycles. The molecular formula is C19H24ClN3O3. The number of carbonyl (C=O) groups excluding carboxylic acids is 1. The van der Waals surface area contributed by atoms with Crippen LogP contribution in [0.25, 0.3) is 0 Å². The molecule has 0 bridgehead atoms. The van der Waals surface area contributed by atoms with Crippen molar-refractivity contribution < 1.29 is 14.4 Å². The molecule has 6 nitrogen and oxygen atoms in total. The molecule has 140 valence electrons. The van der Waals surface area contributed by atoms with Crippen LogP contribution in [0.5, 0.6) is 0 Å². The molecule has 0 aliphatic heterocycles. The summed E-state index contributed by atoms with van der Waals surface area (Å²) in [4.78, 5) is 20.9. The van der Waals surface area contributed by atoms with Crippen LogP contribution in [-0.4, -0.2) is 31.2 Å². The summed E-state index contributed by atoms with van der Waals surface area (Å²) in [6, 6.07) is 5.43. The van der Waals surface area contributed by atoms with Crippen molar-refractivity contribution in [1.29, 1.82) is 0 Å². The van der Waals surface area contributed by atoms with Gasteiger partial charge >= 0.3 is 6.09 Å². The van der Waals surface area contributed by atoms with E-state index in [9.17, 15) is 4.79 Å². The summed E-state index contributed by atoms with van der Waals surface area (Å²) >= 11 is 6.16. The van der Waals surface area contributed by atoms with Crippen molar-refractivity contribution in [2.75, 3.05) is 13.7 Å². The molecule has 0 unspecified atom stereocenters. The number of nitrogens with one attached hydrogen (secondary N) is 1. The van der Waals surface area contributed by atoms with E-state index in [1.54, 1.807) is 12.1 Å². The van der Waals surface area contributed by atoms with Gasteiger partial charge in [-0.3, -0.25) is 4.99 Å². The molecule has 7 heteroatoms. The average molecular weight is 378 g/mol. The van der Waals surface area contributed by atoms with E-state index in [0.29, 0.717) is 10.7 Å². The number of methoxy groups -OCH3 is 1. The SMILES string of the molecule is C=C/C=C(/C)N=C(C)CON=C(C)c1ccc(Cl)c(CNC(=O)OC)c1. The molecule has 0 heterocycles. The zero-order chi connectivity index (χ0) is 19.5. The van der Waals surface area contributed by atoms with Gasteiger partial charge in [0.05, 0.1) is 18.5 Å². The van der Waals surface area contributed by atoms with Gasteiger partial charge in [-0.2, -0.15) is 0 Å². The van der Waals surface area contributed by atoms with E-state index in [2.05, 4.69) is 26.8 Å². The van der Waals surface area contributed by atoms with E-state index >= 15 is 0 Å². The highest BCUT2D eigenvalue weighted by atomic mass is 35.5. The molecule has 0 aliphatic carbocycles. The molecule has 1 rings (SSSR count). The Balaban J connectivity index is 2.75. The van der Waals surface area contributed by atoms with Gasteiger partial charge in [0.2, 0.25) is 0 Å². The molecule has 1 N–H and O–H groups in total. The van der Waals surface area contributed by atoms with Gasteiger partial charge in [0.15, 0.2) is 6.61 Å². The molecular weight excluding hydrogens is 354 g/mol. The number of hydrogen-bond acceptors (Lipinski definition) is 5. The van der Waals surface area contributed by atoms with Crippen LogP contribution in [0.3, 0.4) is 0 Å². The van der Waals surface area contributed by atoms with E-state index in [4.69, 9.17) is 16.4 Å². The van der Waals surface area contributed by atoms with Crippen molar-refractivity contribution in [3.8, 4) is 0 Å². The molecule has 0 radical (unpaired) electrons. The van der Waals surface area contributed by atoms with Gasteiger partial charge in [-0.15, -0.1) is 0 Å². The summed E-state index contributed by atoms with van der Waals surface area (Å²) in [6.07, 6.45) is 2.98. The number of ether oxygens (including phenoxy) is 1. The van der Waals surface area contributed by atoms with Crippen molar-refractivity contribution in [2.24, 2.45) is 10.1 Å². The van der Waals surface area contributed by atoms with Crippen LogP contribution in [-0.2, 0) is 16.1 Å². The lowest BCUT2D eigenvalue weighted by molar-refractivity contribution is 0.170. The minimum absolute atomic E-state index is 0.258. The number of carbonyl (C=O) groups is 1. The lowest BCUT2D eigenvalue weighted by atomic mass is 10.1. The highest BCUT2D eigenvalue weighted by Gasteiger charge is 2.07. The number of alkyl carbamates (subject to hydrolysis) is 1. The Morgan fingerprint density at radius 1 is 1.35 bits per heavy atom. The normalized spacial score (nSPS) is 12.6. The van der Waals surface area contributed by atoms with Crippen molar-refractivity contribution in [3.63, 3.8) is 0 Å². The number of benzene rings is 1. The van der Waals surface area contributed by atoms with Gasteiger partial charge in [0.25, 0.3) is 0 Å². The topological polar surface area (TPSA) is 72.3 Å². The maximum absolute atomic E-state index is 11.2. The van der Waals surface area contributed by atoms with Gasteiger partial charge in [0.1, 0.15) is 0 Å². The number of allylic oxidation sites excluding steroid dienone is 3. The first kappa shape index (κ1) is 21.4. The van der Waals surface area contributed by atoms with E-state index in [0.717, 1.165) is 22.5 Å². The minimum Gasteiger partial charge on any atom is -0.453 e. The van der Waals surface area contributed by atoms with Crippen molar-refractivity contribution in [1.82, 2.24) is 5.32 Å². The van der Waals surface area contributed by atoms with Crippen LogP contribution in [0, 0.1) is 0 Å². The molecule has 0 fully saturated rings. The molecule has 0 spiro atoms. The molecule has 1 aromatic rings. The third kappa shape index (κ3) is 7.53. The average Bonchev–Trinajstić information content (AvgIpc) is 2.60. The molecule has 26 heavy (non-hydrogen) atoms. The fourth-order valence-corrected chi connectivity index (χ4v) is 2.18. The van der Waals surface area contributed by atoms with E-state index < -0.39 is 6.09 Å². The number of amides is 1. The second-order valence-corrected chi connectivity index (χ2v) is 5.90. The summed E-state index contributed by atoms with van der Waals surface area (Å²) < 4.78 is 4.55. The summed E-state index contributed by atoms with van der Waals surface area (Å²) in [5.74, 6) is 0. The van der Waals surface area contributed by atoms with Crippen LogP contribution < -0.4 is 5.32 Å². The summed E-state index contributed by atoms with van der Waals surface area (Å²) in [6.45, 7) is 9.75. The standard InChI is InChI=1S/C19H24ClN3O3/c1-6-7-13(2)22-14(3)12-26-23-15(4)16-8-9-18(20)17(10-16)11-21-19(24)25-5/h6-10H,1,11-12H2,2-5H3,(H,21,24)/b13-7-,22-14?,23-15?. The Morgan fingerprint density at radius 2 is 2.08 bits per heavy atom. The lowest BCUT2D eigenvalue weighted by Crippen LogP contribution is -2.22. The summed E-state index contributed by atoms with van der Waals surface area (Å²) in [5.41, 5.74) is 3.94. The minimum atomic E-state index is -0.518. The Hall–Kier alpha value is -2.60. The number of halogens is 1. The number of nitrogens with zero attached hydrogens (tertiary/aromatic N) is 2. The molecule has 1 aromatic carbocycles. The predicted molar refractivity (Wildman–Crippen MR) is 106 cm³/mol.